The number of esters is 1. The zero-order valence-electron chi connectivity index (χ0n) is 16.6. The first-order valence-corrected chi connectivity index (χ1v) is 10.7. The second-order valence-electron chi connectivity index (χ2n) is 9.05. The molecule has 0 aromatic heterocycles. The van der Waals surface area contributed by atoms with Gasteiger partial charge >= 0.3 is 5.97 Å². The zero-order valence-corrected chi connectivity index (χ0v) is 16.6. The fourth-order valence-electron chi connectivity index (χ4n) is 6.41. The van der Waals surface area contributed by atoms with Gasteiger partial charge in [-0.2, -0.15) is 0 Å². The van der Waals surface area contributed by atoms with Crippen molar-refractivity contribution >= 4 is 11.8 Å². The van der Waals surface area contributed by atoms with E-state index >= 15 is 0 Å². The van der Waals surface area contributed by atoms with Crippen molar-refractivity contribution in [2.45, 2.75) is 91.1 Å². The Hall–Kier alpha value is -0.860. The molecular formula is C22H36O3. The van der Waals surface area contributed by atoms with Crippen LogP contribution in [-0.4, -0.2) is 17.4 Å². The van der Waals surface area contributed by atoms with Crippen LogP contribution in [0.1, 0.15) is 85.5 Å². The first kappa shape index (κ1) is 18.9. The lowest BCUT2D eigenvalue weighted by atomic mass is 9.71. The zero-order chi connectivity index (χ0) is 18.2. The van der Waals surface area contributed by atoms with Gasteiger partial charge in [0.15, 0.2) is 0 Å². The molecule has 0 heterocycles. The number of ether oxygens (including phenoxy) is 1. The van der Waals surface area contributed by atoms with E-state index in [1.165, 1.54) is 19.3 Å². The Morgan fingerprint density at radius 3 is 2.28 bits per heavy atom. The van der Waals surface area contributed by atoms with E-state index in [9.17, 15) is 9.59 Å². The summed E-state index contributed by atoms with van der Waals surface area (Å²) < 4.78 is 6.21. The van der Waals surface area contributed by atoms with Gasteiger partial charge in [-0.05, 0) is 68.6 Å². The molecule has 2 bridgehead atoms. The van der Waals surface area contributed by atoms with Crippen LogP contribution in [-0.2, 0) is 14.3 Å². The molecule has 142 valence electrons. The normalized spacial score (nSPS) is 37.9. The standard InChI is InChI=1S/C22H36O3/c1-5-17-14-12-19(18(17)6-2)20(13-14)21(24)25-22(4,7-3)15-8-10-16(23)11-9-15/h14-15,17-20H,5-13H2,1-4H3. The van der Waals surface area contributed by atoms with Crippen LogP contribution < -0.4 is 0 Å². The van der Waals surface area contributed by atoms with E-state index in [1.54, 1.807) is 0 Å². The highest BCUT2D eigenvalue weighted by Gasteiger charge is 2.54. The third kappa shape index (κ3) is 3.40. The van der Waals surface area contributed by atoms with Gasteiger partial charge in [-0.15, -0.1) is 0 Å². The Labute approximate surface area is 153 Å². The first-order valence-electron chi connectivity index (χ1n) is 10.7. The quantitative estimate of drug-likeness (QED) is 0.622. The molecule has 3 heteroatoms. The topological polar surface area (TPSA) is 43.4 Å². The molecule has 3 saturated carbocycles. The molecule has 3 nitrogen and oxygen atoms in total. The van der Waals surface area contributed by atoms with Crippen molar-refractivity contribution in [1.29, 1.82) is 0 Å². The van der Waals surface area contributed by atoms with Crippen LogP contribution in [0.25, 0.3) is 0 Å². The van der Waals surface area contributed by atoms with Crippen LogP contribution in [0.5, 0.6) is 0 Å². The molecular weight excluding hydrogens is 312 g/mol. The Kier molecular flexibility index (Phi) is 5.60. The summed E-state index contributed by atoms with van der Waals surface area (Å²) in [5.74, 6) is 3.69. The smallest absolute Gasteiger partial charge is 0.309 e. The molecule has 0 saturated heterocycles. The largest absolute Gasteiger partial charge is 0.459 e. The fraction of sp³-hybridized carbons (Fsp3) is 0.909. The third-order valence-corrected chi connectivity index (χ3v) is 8.04. The molecule has 0 N–H and O–H groups in total. The Morgan fingerprint density at radius 2 is 1.72 bits per heavy atom. The molecule has 3 aliphatic rings. The lowest BCUT2D eigenvalue weighted by molar-refractivity contribution is -0.174. The van der Waals surface area contributed by atoms with Crippen LogP contribution in [0.3, 0.4) is 0 Å². The highest BCUT2D eigenvalue weighted by Crippen LogP contribution is 2.58. The number of Topliss-reactive ketones (excluding diaryl/α,β-unsaturated/α-hetero) is 1. The van der Waals surface area contributed by atoms with Crippen molar-refractivity contribution in [2.75, 3.05) is 0 Å². The van der Waals surface area contributed by atoms with E-state index in [0.29, 0.717) is 36.4 Å². The van der Waals surface area contributed by atoms with Gasteiger partial charge in [-0.25, -0.2) is 0 Å². The molecule has 3 rings (SSSR count). The van der Waals surface area contributed by atoms with E-state index in [4.69, 9.17) is 4.74 Å². The third-order valence-electron chi connectivity index (χ3n) is 8.04. The predicted octanol–water partition coefficient (Wildman–Crippen LogP) is 5.17. The molecule has 0 radical (unpaired) electrons. The van der Waals surface area contributed by atoms with Crippen molar-refractivity contribution < 1.29 is 14.3 Å². The second-order valence-corrected chi connectivity index (χ2v) is 9.05. The van der Waals surface area contributed by atoms with Crippen molar-refractivity contribution in [3.05, 3.63) is 0 Å². The fourth-order valence-corrected chi connectivity index (χ4v) is 6.41. The number of hydrogen-bond donors (Lipinski definition) is 0. The number of hydrogen-bond acceptors (Lipinski definition) is 3. The average molecular weight is 349 g/mol. The molecule has 0 aromatic rings. The van der Waals surface area contributed by atoms with Gasteiger partial charge in [0, 0.05) is 12.8 Å². The van der Waals surface area contributed by atoms with Crippen molar-refractivity contribution in [1.82, 2.24) is 0 Å². The Balaban J connectivity index is 1.66. The minimum absolute atomic E-state index is 0.0572. The molecule has 0 aromatic carbocycles. The Bertz CT molecular complexity index is 503. The summed E-state index contributed by atoms with van der Waals surface area (Å²) >= 11 is 0. The molecule has 25 heavy (non-hydrogen) atoms. The van der Waals surface area contributed by atoms with Gasteiger partial charge in [0.05, 0.1) is 5.92 Å². The summed E-state index contributed by atoms with van der Waals surface area (Å²) in [5, 5.41) is 0. The van der Waals surface area contributed by atoms with Crippen LogP contribution >= 0.6 is 0 Å². The summed E-state index contributed by atoms with van der Waals surface area (Å²) in [6.45, 7) is 8.81. The van der Waals surface area contributed by atoms with Gasteiger partial charge in [0.2, 0.25) is 0 Å². The second kappa shape index (κ2) is 7.40. The number of carbonyl (C=O) groups excluding carboxylic acids is 2. The minimum atomic E-state index is -0.397. The maximum Gasteiger partial charge on any atom is 0.309 e. The van der Waals surface area contributed by atoms with Gasteiger partial charge in [0.25, 0.3) is 0 Å². The van der Waals surface area contributed by atoms with Crippen LogP contribution in [0.15, 0.2) is 0 Å². The van der Waals surface area contributed by atoms with Crippen molar-refractivity contribution in [3.8, 4) is 0 Å². The molecule has 6 atom stereocenters. The summed E-state index contributed by atoms with van der Waals surface area (Å²) in [5.41, 5.74) is -0.397. The van der Waals surface area contributed by atoms with Crippen LogP contribution in [0.4, 0.5) is 0 Å². The minimum Gasteiger partial charge on any atom is -0.459 e. The molecule has 6 unspecified atom stereocenters. The summed E-state index contributed by atoms with van der Waals surface area (Å²) in [6, 6.07) is 0. The maximum absolute atomic E-state index is 13.1. The number of ketones is 1. The van der Waals surface area contributed by atoms with Crippen molar-refractivity contribution in [2.24, 2.45) is 35.5 Å². The monoisotopic (exact) mass is 348 g/mol. The highest BCUT2D eigenvalue weighted by molar-refractivity contribution is 5.79. The SMILES string of the molecule is CCC1C2CC(C(=O)OC(C)(CC)C3CCC(=O)CC3)C(C2)C1CC. The summed E-state index contributed by atoms with van der Waals surface area (Å²) in [6.07, 6.45) is 8.63. The van der Waals surface area contributed by atoms with E-state index in [0.717, 1.165) is 37.5 Å². The molecule has 0 amide bonds. The van der Waals surface area contributed by atoms with Crippen LogP contribution in [0, 0.1) is 35.5 Å². The molecule has 3 fully saturated rings. The lowest BCUT2D eigenvalue weighted by Gasteiger charge is -2.41. The summed E-state index contributed by atoms with van der Waals surface area (Å²) in [7, 11) is 0. The van der Waals surface area contributed by atoms with Gasteiger partial charge in [-0.3, -0.25) is 9.59 Å². The van der Waals surface area contributed by atoms with E-state index < -0.39 is 5.60 Å². The first-order chi connectivity index (χ1) is 11.9. The highest BCUT2D eigenvalue weighted by atomic mass is 16.6. The number of fused-ring (bicyclic) bond motifs is 2. The molecule has 3 aliphatic carbocycles. The van der Waals surface area contributed by atoms with E-state index in [-0.39, 0.29) is 11.9 Å². The van der Waals surface area contributed by atoms with Gasteiger partial charge < -0.3 is 4.74 Å². The van der Waals surface area contributed by atoms with Crippen LogP contribution in [0.2, 0.25) is 0 Å². The summed E-state index contributed by atoms with van der Waals surface area (Å²) in [4.78, 5) is 24.6. The molecule has 0 spiro atoms. The average Bonchev–Trinajstić information content (AvgIpc) is 3.19. The van der Waals surface area contributed by atoms with Crippen molar-refractivity contribution in [3.63, 3.8) is 0 Å². The molecule has 0 aliphatic heterocycles. The van der Waals surface area contributed by atoms with E-state index in [1.807, 2.05) is 0 Å². The number of rotatable bonds is 6. The van der Waals surface area contributed by atoms with Gasteiger partial charge in [0.1, 0.15) is 11.4 Å². The maximum atomic E-state index is 13.1. The lowest BCUT2D eigenvalue weighted by Crippen LogP contribution is -2.44. The predicted molar refractivity (Wildman–Crippen MR) is 99.0 cm³/mol. The van der Waals surface area contributed by atoms with E-state index in [2.05, 4.69) is 27.7 Å². The van der Waals surface area contributed by atoms with Gasteiger partial charge in [-0.1, -0.05) is 33.6 Å². The Morgan fingerprint density at radius 1 is 1.08 bits per heavy atom. The number of carbonyl (C=O) groups is 2.